The van der Waals surface area contributed by atoms with Crippen LogP contribution < -0.4 is 5.48 Å². The Morgan fingerprint density at radius 3 is 2.47 bits per heavy atom. The average molecular weight is 262 g/mol. The monoisotopic (exact) mass is 262 g/mol. The Morgan fingerprint density at radius 2 is 1.89 bits per heavy atom. The summed E-state index contributed by atoms with van der Waals surface area (Å²) >= 11 is 0. The summed E-state index contributed by atoms with van der Waals surface area (Å²) in [6.07, 6.45) is 4.67. The lowest BCUT2D eigenvalue weighted by Gasteiger charge is -2.12. The van der Waals surface area contributed by atoms with Crippen LogP contribution >= 0.6 is 0 Å². The molecule has 0 aliphatic heterocycles. The second-order valence-corrected chi connectivity index (χ2v) is 5.39. The molecule has 0 unspecified atom stereocenters. The van der Waals surface area contributed by atoms with Crippen LogP contribution in [0.2, 0.25) is 0 Å². The van der Waals surface area contributed by atoms with Crippen LogP contribution in [0.15, 0.2) is 24.3 Å². The van der Waals surface area contributed by atoms with E-state index in [0.29, 0.717) is 5.56 Å². The Balaban J connectivity index is 1.84. The van der Waals surface area contributed by atoms with Gasteiger partial charge in [-0.2, -0.15) is 0 Å². The lowest BCUT2D eigenvalue weighted by atomic mass is 10.1. The highest BCUT2D eigenvalue weighted by Gasteiger charge is 2.17. The average Bonchev–Trinajstić information content (AvgIpc) is 2.89. The van der Waals surface area contributed by atoms with Crippen LogP contribution in [0.5, 0.6) is 0 Å². The van der Waals surface area contributed by atoms with E-state index in [0.717, 1.165) is 19.4 Å². The van der Waals surface area contributed by atoms with Crippen LogP contribution in [0.3, 0.4) is 0 Å². The quantitative estimate of drug-likeness (QED) is 0.828. The Hall–Kier alpha value is -1.39. The van der Waals surface area contributed by atoms with E-state index in [1.54, 1.807) is 0 Å². The minimum absolute atomic E-state index is 0.164. The number of nitrogens with one attached hydrogen (secondary N) is 1. The molecule has 0 bridgehead atoms. The molecule has 0 heterocycles. The van der Waals surface area contributed by atoms with E-state index < -0.39 is 0 Å². The van der Waals surface area contributed by atoms with Crippen molar-refractivity contribution in [1.82, 2.24) is 10.4 Å². The Kier molecular flexibility index (Phi) is 4.93. The fraction of sp³-hybridized carbons (Fsp3) is 0.533. The normalized spacial score (nSPS) is 15.9. The number of amides is 1. The van der Waals surface area contributed by atoms with Crippen molar-refractivity contribution >= 4 is 5.91 Å². The highest BCUT2D eigenvalue weighted by atomic mass is 16.7. The maximum atomic E-state index is 11.9. The first kappa shape index (κ1) is 14.0. The number of hydrogen-bond donors (Lipinski definition) is 1. The smallest absolute Gasteiger partial charge is 0.274 e. The van der Waals surface area contributed by atoms with Gasteiger partial charge < -0.3 is 4.90 Å². The molecule has 0 aromatic heterocycles. The molecular formula is C15H22N2O2. The molecule has 4 nitrogen and oxygen atoms in total. The molecule has 4 heteroatoms. The molecule has 1 aliphatic rings. The maximum Gasteiger partial charge on any atom is 0.274 e. The van der Waals surface area contributed by atoms with Crippen molar-refractivity contribution in [2.24, 2.45) is 0 Å². The molecule has 1 aromatic carbocycles. The molecule has 0 atom stereocenters. The fourth-order valence-corrected chi connectivity index (χ4v) is 2.33. The summed E-state index contributed by atoms with van der Waals surface area (Å²) < 4.78 is 0. The van der Waals surface area contributed by atoms with Crippen molar-refractivity contribution in [2.45, 2.75) is 38.3 Å². The van der Waals surface area contributed by atoms with Gasteiger partial charge in [0.25, 0.3) is 5.91 Å². The molecule has 1 N–H and O–H groups in total. The van der Waals surface area contributed by atoms with Crippen LogP contribution in [0.1, 0.15) is 41.6 Å². The predicted octanol–water partition coefficient (Wildman–Crippen LogP) is 2.35. The largest absolute Gasteiger partial charge is 0.305 e. The number of hydrogen-bond acceptors (Lipinski definition) is 3. The third-order valence-electron chi connectivity index (χ3n) is 3.34. The molecule has 1 amide bonds. The molecular weight excluding hydrogens is 240 g/mol. The number of carbonyl (C=O) groups is 1. The number of benzene rings is 1. The fourth-order valence-electron chi connectivity index (χ4n) is 2.33. The van der Waals surface area contributed by atoms with Gasteiger partial charge in [0.2, 0.25) is 0 Å². The lowest BCUT2D eigenvalue weighted by molar-refractivity contribution is -0.0124. The summed E-state index contributed by atoms with van der Waals surface area (Å²) in [6, 6.07) is 7.63. The summed E-state index contributed by atoms with van der Waals surface area (Å²) in [4.78, 5) is 19.4. The van der Waals surface area contributed by atoms with Gasteiger partial charge in [-0.15, -0.1) is 0 Å². The Morgan fingerprint density at radius 1 is 1.26 bits per heavy atom. The molecule has 1 aromatic rings. The first-order valence-electron chi connectivity index (χ1n) is 6.85. The SMILES string of the molecule is CN(C)Cc1ccc(C(=O)NOC2CCCC2)cc1. The highest BCUT2D eigenvalue weighted by molar-refractivity contribution is 5.93. The topological polar surface area (TPSA) is 41.6 Å². The van der Waals surface area contributed by atoms with E-state index in [2.05, 4.69) is 10.4 Å². The minimum Gasteiger partial charge on any atom is -0.305 e. The molecule has 1 aliphatic carbocycles. The summed E-state index contributed by atoms with van der Waals surface area (Å²) in [7, 11) is 4.05. The Bertz CT molecular complexity index is 409. The van der Waals surface area contributed by atoms with Crippen molar-refractivity contribution in [3.63, 3.8) is 0 Å². The third-order valence-corrected chi connectivity index (χ3v) is 3.34. The van der Waals surface area contributed by atoms with Crippen molar-refractivity contribution in [3.8, 4) is 0 Å². The lowest BCUT2D eigenvalue weighted by Crippen LogP contribution is -2.28. The molecule has 0 saturated heterocycles. The summed E-state index contributed by atoms with van der Waals surface area (Å²) in [5.41, 5.74) is 4.38. The molecule has 104 valence electrons. The number of rotatable bonds is 5. The highest BCUT2D eigenvalue weighted by Crippen LogP contribution is 2.20. The standard InChI is InChI=1S/C15H22N2O2/c1-17(2)11-12-7-9-13(10-8-12)15(18)16-19-14-5-3-4-6-14/h7-10,14H,3-6,11H2,1-2H3,(H,16,18). The molecule has 0 spiro atoms. The van der Waals surface area contributed by atoms with Crippen molar-refractivity contribution in [3.05, 3.63) is 35.4 Å². The van der Waals surface area contributed by atoms with Crippen LogP contribution in [-0.2, 0) is 11.4 Å². The van der Waals surface area contributed by atoms with Gasteiger partial charge in [-0.25, -0.2) is 5.48 Å². The van der Waals surface area contributed by atoms with E-state index in [1.807, 2.05) is 38.4 Å². The summed E-state index contributed by atoms with van der Waals surface area (Å²) in [6.45, 7) is 0.875. The van der Waals surface area contributed by atoms with Gasteiger partial charge in [0, 0.05) is 12.1 Å². The van der Waals surface area contributed by atoms with Crippen LogP contribution in [0.25, 0.3) is 0 Å². The number of carbonyl (C=O) groups excluding carboxylic acids is 1. The van der Waals surface area contributed by atoms with Gasteiger partial charge >= 0.3 is 0 Å². The zero-order valence-corrected chi connectivity index (χ0v) is 11.7. The zero-order chi connectivity index (χ0) is 13.7. The van der Waals surface area contributed by atoms with Gasteiger partial charge in [0.15, 0.2) is 0 Å². The molecule has 2 rings (SSSR count). The van der Waals surface area contributed by atoms with Crippen molar-refractivity contribution in [2.75, 3.05) is 14.1 Å². The molecule has 1 saturated carbocycles. The van der Waals surface area contributed by atoms with Gasteiger partial charge in [-0.3, -0.25) is 9.63 Å². The summed E-state index contributed by atoms with van der Waals surface area (Å²) in [5.74, 6) is -0.164. The van der Waals surface area contributed by atoms with Crippen LogP contribution in [0, 0.1) is 0 Å². The minimum atomic E-state index is -0.164. The Labute approximate surface area is 114 Å². The van der Waals surface area contributed by atoms with Crippen LogP contribution in [0.4, 0.5) is 0 Å². The van der Waals surface area contributed by atoms with E-state index in [1.165, 1.54) is 18.4 Å². The van der Waals surface area contributed by atoms with Crippen molar-refractivity contribution in [1.29, 1.82) is 0 Å². The van der Waals surface area contributed by atoms with Gasteiger partial charge in [0.1, 0.15) is 0 Å². The van der Waals surface area contributed by atoms with Gasteiger partial charge in [-0.1, -0.05) is 25.0 Å². The van der Waals surface area contributed by atoms with E-state index in [-0.39, 0.29) is 12.0 Å². The second kappa shape index (κ2) is 6.68. The van der Waals surface area contributed by atoms with Crippen molar-refractivity contribution < 1.29 is 9.63 Å². The molecule has 1 fully saturated rings. The van der Waals surface area contributed by atoms with E-state index >= 15 is 0 Å². The zero-order valence-electron chi connectivity index (χ0n) is 11.7. The molecule has 19 heavy (non-hydrogen) atoms. The number of nitrogens with zero attached hydrogens (tertiary/aromatic N) is 1. The summed E-state index contributed by atoms with van der Waals surface area (Å²) in [5, 5.41) is 0. The number of hydroxylamine groups is 1. The first-order chi connectivity index (χ1) is 9.15. The molecule has 0 radical (unpaired) electrons. The van der Waals surface area contributed by atoms with E-state index in [4.69, 9.17) is 4.84 Å². The van der Waals surface area contributed by atoms with Gasteiger partial charge in [-0.05, 0) is 44.6 Å². The predicted molar refractivity (Wildman–Crippen MR) is 74.6 cm³/mol. The van der Waals surface area contributed by atoms with Crippen LogP contribution in [-0.4, -0.2) is 31.0 Å². The third kappa shape index (κ3) is 4.33. The second-order valence-electron chi connectivity index (χ2n) is 5.39. The first-order valence-corrected chi connectivity index (χ1v) is 6.85. The maximum absolute atomic E-state index is 11.9. The van der Waals surface area contributed by atoms with E-state index in [9.17, 15) is 4.79 Å². The van der Waals surface area contributed by atoms with Gasteiger partial charge in [0.05, 0.1) is 6.10 Å².